The number of nitrogens with zero attached hydrogens (tertiary/aromatic N) is 7. The topological polar surface area (TPSA) is 96.1 Å². The molecule has 7 heteroatoms. The van der Waals surface area contributed by atoms with Crippen LogP contribution in [0.25, 0.3) is 111 Å². The standard InChI is InChI=1S/C59H35N7/c60-36-38-30-39(37-61)32-45(31-38)44-25-28-50-48-21-11-13-23-53(48)66(56(50)35-44)54-29-26-42(43-24-27-49-47-20-10-12-22-52(47)65(55(49)34-43)46-18-8-3-9-19-46)33-51(54)59-63-57(40-14-4-1-5-15-40)62-58(64-59)41-16-6-2-7-17-41/h1-35H. The zero-order chi connectivity index (χ0) is 44.1. The van der Waals surface area contributed by atoms with Crippen molar-refractivity contribution in [2.45, 2.75) is 0 Å². The van der Waals surface area contributed by atoms with E-state index in [9.17, 15) is 10.5 Å². The van der Waals surface area contributed by atoms with Crippen molar-refractivity contribution in [2.24, 2.45) is 0 Å². The van der Waals surface area contributed by atoms with Gasteiger partial charge >= 0.3 is 0 Å². The smallest absolute Gasteiger partial charge is 0.166 e. The van der Waals surface area contributed by atoms with Gasteiger partial charge in [-0.3, -0.25) is 0 Å². The molecule has 12 rings (SSSR count). The van der Waals surface area contributed by atoms with Gasteiger partial charge in [-0.15, -0.1) is 0 Å². The maximum Gasteiger partial charge on any atom is 0.166 e. The van der Waals surface area contributed by atoms with Crippen molar-refractivity contribution in [3.63, 3.8) is 0 Å². The number of hydrogen-bond donors (Lipinski definition) is 0. The van der Waals surface area contributed by atoms with Crippen molar-refractivity contribution in [1.82, 2.24) is 24.1 Å². The van der Waals surface area contributed by atoms with E-state index < -0.39 is 0 Å². The Hall–Kier alpha value is -9.43. The zero-order valence-corrected chi connectivity index (χ0v) is 35.3. The average molecular weight is 842 g/mol. The largest absolute Gasteiger partial charge is 0.309 e. The minimum atomic E-state index is 0.433. The van der Waals surface area contributed by atoms with Crippen molar-refractivity contribution in [3.05, 3.63) is 223 Å². The minimum absolute atomic E-state index is 0.433. The quantitative estimate of drug-likeness (QED) is 0.159. The van der Waals surface area contributed by atoms with Crippen LogP contribution in [0.1, 0.15) is 11.1 Å². The molecular formula is C59H35N7. The molecule has 3 heterocycles. The number of fused-ring (bicyclic) bond motifs is 6. The number of rotatable bonds is 7. The maximum absolute atomic E-state index is 9.89. The third-order valence-electron chi connectivity index (χ3n) is 12.4. The van der Waals surface area contributed by atoms with Gasteiger partial charge in [0.25, 0.3) is 0 Å². The van der Waals surface area contributed by atoms with E-state index in [-0.39, 0.29) is 0 Å². The van der Waals surface area contributed by atoms with Gasteiger partial charge in [0.15, 0.2) is 17.5 Å². The molecule has 0 fully saturated rings. The molecule has 0 bridgehead atoms. The predicted octanol–water partition coefficient (Wildman–Crippen LogP) is 14.1. The molecule has 0 N–H and O–H groups in total. The molecule has 0 saturated heterocycles. The number of aromatic nitrogens is 5. The predicted molar refractivity (Wildman–Crippen MR) is 265 cm³/mol. The van der Waals surface area contributed by atoms with Gasteiger partial charge in [-0.05, 0) is 89.0 Å². The number of hydrogen-bond acceptors (Lipinski definition) is 5. The van der Waals surface area contributed by atoms with Crippen LogP contribution >= 0.6 is 0 Å². The van der Waals surface area contributed by atoms with Gasteiger partial charge in [-0.1, -0.05) is 146 Å². The van der Waals surface area contributed by atoms with Gasteiger partial charge < -0.3 is 9.13 Å². The minimum Gasteiger partial charge on any atom is -0.309 e. The lowest BCUT2D eigenvalue weighted by molar-refractivity contribution is 1.06. The molecule has 9 aromatic carbocycles. The summed E-state index contributed by atoms with van der Waals surface area (Å²) in [5.74, 6) is 1.67. The van der Waals surface area contributed by atoms with Crippen molar-refractivity contribution in [3.8, 4) is 79.9 Å². The zero-order valence-electron chi connectivity index (χ0n) is 35.3. The molecule has 12 aromatic rings. The molecule has 0 aliphatic rings. The van der Waals surface area contributed by atoms with E-state index in [1.165, 1.54) is 10.8 Å². The van der Waals surface area contributed by atoms with E-state index in [1.54, 1.807) is 6.07 Å². The molecule has 306 valence electrons. The summed E-state index contributed by atoms with van der Waals surface area (Å²) < 4.78 is 4.63. The number of benzene rings is 9. The van der Waals surface area contributed by atoms with Gasteiger partial charge in [0.05, 0.1) is 51.0 Å². The van der Waals surface area contributed by atoms with Gasteiger partial charge in [0, 0.05) is 43.9 Å². The monoisotopic (exact) mass is 841 g/mol. The molecule has 7 nitrogen and oxygen atoms in total. The summed E-state index contributed by atoms with van der Waals surface area (Å²) in [7, 11) is 0. The van der Waals surface area contributed by atoms with E-state index in [0.717, 1.165) is 83.2 Å². The summed E-state index contributed by atoms with van der Waals surface area (Å²) >= 11 is 0. The lowest BCUT2D eigenvalue weighted by Crippen LogP contribution is -2.04. The van der Waals surface area contributed by atoms with Gasteiger partial charge in [-0.2, -0.15) is 10.5 Å². The third-order valence-corrected chi connectivity index (χ3v) is 12.4. The van der Waals surface area contributed by atoms with E-state index in [1.807, 2.05) is 78.9 Å². The van der Waals surface area contributed by atoms with E-state index in [2.05, 4.69) is 149 Å². The first kappa shape index (κ1) is 38.3. The molecule has 0 radical (unpaired) electrons. The fourth-order valence-corrected chi connectivity index (χ4v) is 9.36. The fraction of sp³-hybridized carbons (Fsp3) is 0. The van der Waals surface area contributed by atoms with Gasteiger partial charge in [0.1, 0.15) is 0 Å². The highest BCUT2D eigenvalue weighted by molar-refractivity contribution is 6.12. The van der Waals surface area contributed by atoms with Crippen LogP contribution < -0.4 is 0 Å². The maximum atomic E-state index is 9.89. The Morgan fingerprint density at radius 2 is 0.758 bits per heavy atom. The van der Waals surface area contributed by atoms with Crippen LogP contribution in [0.2, 0.25) is 0 Å². The fourth-order valence-electron chi connectivity index (χ4n) is 9.36. The molecule has 0 atom stereocenters. The Balaban J connectivity index is 1.15. The molecule has 0 amide bonds. The van der Waals surface area contributed by atoms with Crippen LogP contribution in [0.4, 0.5) is 0 Å². The lowest BCUT2D eigenvalue weighted by Gasteiger charge is -2.17. The summed E-state index contributed by atoms with van der Waals surface area (Å²) in [5.41, 5.74) is 13.4. The Bertz CT molecular complexity index is 3860. The van der Waals surface area contributed by atoms with Crippen LogP contribution in [0, 0.1) is 22.7 Å². The van der Waals surface area contributed by atoms with Crippen molar-refractivity contribution >= 4 is 43.6 Å². The van der Waals surface area contributed by atoms with Gasteiger partial charge in [-0.25, -0.2) is 15.0 Å². The Labute approximate surface area is 380 Å². The molecule has 0 unspecified atom stereocenters. The summed E-state index contributed by atoms with van der Waals surface area (Å²) in [6.45, 7) is 0. The first-order chi connectivity index (χ1) is 32.6. The van der Waals surface area contributed by atoms with Crippen LogP contribution in [-0.4, -0.2) is 24.1 Å². The Morgan fingerprint density at radius 3 is 1.33 bits per heavy atom. The summed E-state index contributed by atoms with van der Waals surface area (Å²) in [5, 5.41) is 24.3. The normalized spacial score (nSPS) is 11.3. The van der Waals surface area contributed by atoms with Crippen LogP contribution in [-0.2, 0) is 0 Å². The molecule has 0 saturated carbocycles. The second-order valence-corrected chi connectivity index (χ2v) is 16.3. The lowest BCUT2D eigenvalue weighted by atomic mass is 9.98. The highest BCUT2D eigenvalue weighted by atomic mass is 15.1. The van der Waals surface area contributed by atoms with Gasteiger partial charge in [0.2, 0.25) is 0 Å². The SMILES string of the molecule is N#Cc1cc(C#N)cc(-c2ccc3c4ccccc4n(-c4ccc(-c5ccc6c7ccccc7n(-c7ccccc7)c6c5)cc4-c4nc(-c5ccccc5)nc(-c5ccccc5)n4)c3c2)c1. The molecule has 0 aliphatic carbocycles. The molecule has 0 spiro atoms. The molecule has 3 aromatic heterocycles. The second-order valence-electron chi connectivity index (χ2n) is 16.3. The Morgan fingerprint density at radius 1 is 0.318 bits per heavy atom. The van der Waals surface area contributed by atoms with E-state index in [4.69, 9.17) is 15.0 Å². The third kappa shape index (κ3) is 6.47. The van der Waals surface area contributed by atoms with Crippen LogP contribution in [0.3, 0.4) is 0 Å². The van der Waals surface area contributed by atoms with Crippen molar-refractivity contribution in [1.29, 1.82) is 10.5 Å². The average Bonchev–Trinajstić information content (AvgIpc) is 3.91. The number of nitriles is 2. The van der Waals surface area contributed by atoms with E-state index >= 15 is 0 Å². The molecule has 66 heavy (non-hydrogen) atoms. The van der Waals surface area contributed by atoms with Crippen LogP contribution in [0.15, 0.2) is 212 Å². The number of para-hydroxylation sites is 3. The first-order valence-electron chi connectivity index (χ1n) is 21.7. The van der Waals surface area contributed by atoms with Crippen molar-refractivity contribution < 1.29 is 0 Å². The highest BCUT2D eigenvalue weighted by Crippen LogP contribution is 2.41. The Kier molecular flexibility index (Phi) is 9.12. The van der Waals surface area contributed by atoms with E-state index in [0.29, 0.717) is 28.6 Å². The molecule has 0 aliphatic heterocycles. The van der Waals surface area contributed by atoms with Crippen molar-refractivity contribution in [2.75, 3.05) is 0 Å². The first-order valence-corrected chi connectivity index (χ1v) is 21.7. The summed E-state index contributed by atoms with van der Waals surface area (Å²) in [6, 6.07) is 77.0. The summed E-state index contributed by atoms with van der Waals surface area (Å²) in [4.78, 5) is 15.7. The molecular weight excluding hydrogens is 807 g/mol. The van der Waals surface area contributed by atoms with Crippen LogP contribution in [0.5, 0.6) is 0 Å². The highest BCUT2D eigenvalue weighted by Gasteiger charge is 2.22. The second kappa shape index (κ2) is 15.7. The summed E-state index contributed by atoms with van der Waals surface area (Å²) in [6.07, 6.45) is 0.